The maximum Gasteiger partial charge on any atom is 0.323 e. The molecule has 1 heterocycles. The van der Waals surface area contributed by atoms with E-state index in [1.54, 1.807) is 25.4 Å². The van der Waals surface area contributed by atoms with Crippen molar-refractivity contribution >= 4 is 18.4 Å². The van der Waals surface area contributed by atoms with Gasteiger partial charge in [0.15, 0.2) is 0 Å². The molecule has 2 aromatic rings. The molecule has 1 aliphatic rings. The van der Waals surface area contributed by atoms with E-state index in [0.29, 0.717) is 11.3 Å². The van der Waals surface area contributed by atoms with Crippen molar-refractivity contribution in [3.63, 3.8) is 0 Å². The van der Waals surface area contributed by atoms with E-state index in [4.69, 9.17) is 0 Å². The highest BCUT2D eigenvalue weighted by atomic mass is 19.1. The van der Waals surface area contributed by atoms with Crippen LogP contribution >= 0.6 is 0 Å². The van der Waals surface area contributed by atoms with Crippen LogP contribution in [0.4, 0.5) is 9.18 Å². The van der Waals surface area contributed by atoms with Gasteiger partial charge in [-0.1, -0.05) is 30.3 Å². The number of halogens is 1. The molecule has 1 aliphatic heterocycles. The summed E-state index contributed by atoms with van der Waals surface area (Å²) in [5.74, 6) is -0.315. The number of piperidine rings is 1. The Morgan fingerprint density at radius 2 is 1.77 bits per heavy atom. The molecule has 1 saturated heterocycles. The predicted molar refractivity (Wildman–Crippen MR) is 120 cm³/mol. The summed E-state index contributed by atoms with van der Waals surface area (Å²) in [6.45, 7) is 6.45. The Balaban J connectivity index is 1.57. The van der Waals surface area contributed by atoms with Crippen LogP contribution in [0.3, 0.4) is 0 Å². The molecule has 0 unspecified atom stereocenters. The summed E-state index contributed by atoms with van der Waals surface area (Å²) in [4.78, 5) is 22.7. The third kappa shape index (κ3) is 5.54. The van der Waals surface area contributed by atoms with Crippen molar-refractivity contribution in [1.29, 1.82) is 0 Å². The van der Waals surface area contributed by atoms with Crippen molar-refractivity contribution in [3.05, 3.63) is 77.7 Å². The lowest BCUT2D eigenvalue weighted by molar-refractivity contribution is 0.121. The first-order valence-electron chi connectivity index (χ1n) is 10.2. The molecule has 2 amide bonds. The Morgan fingerprint density at radius 1 is 1.13 bits per heavy atom. The Labute approximate surface area is 178 Å². The number of rotatable bonds is 6. The number of hydrogen-bond donors (Lipinski definition) is 0. The molecule has 5 nitrogen and oxygen atoms in total. The largest absolute Gasteiger partial charge is 0.324 e. The molecular weight excluding hydrogens is 379 g/mol. The number of likely N-dealkylation sites (tertiary alicyclic amines) is 1. The Hall–Kier alpha value is -2.99. The highest BCUT2D eigenvalue weighted by Gasteiger charge is 2.26. The molecule has 0 spiro atoms. The second kappa shape index (κ2) is 10.2. The minimum atomic E-state index is -0.315. The van der Waals surface area contributed by atoms with Gasteiger partial charge < -0.3 is 9.80 Å². The van der Waals surface area contributed by atoms with Crippen LogP contribution in [0.2, 0.25) is 0 Å². The first-order chi connectivity index (χ1) is 14.5. The summed E-state index contributed by atoms with van der Waals surface area (Å²) in [6.07, 6.45) is 3.53. The SMILES string of the molecule is C=NC(=CN(C)C(=O)N(C)C1CCN(Cc2ccccc2)CC1)c1ccc(F)cc1. The van der Waals surface area contributed by atoms with Crippen molar-refractivity contribution in [2.24, 2.45) is 4.99 Å². The quantitative estimate of drug-likeness (QED) is 0.662. The minimum Gasteiger partial charge on any atom is -0.324 e. The van der Waals surface area contributed by atoms with Gasteiger partial charge in [0.2, 0.25) is 0 Å². The van der Waals surface area contributed by atoms with Crippen LogP contribution in [0.15, 0.2) is 65.8 Å². The summed E-state index contributed by atoms with van der Waals surface area (Å²) >= 11 is 0. The molecule has 1 fully saturated rings. The van der Waals surface area contributed by atoms with Crippen LogP contribution < -0.4 is 0 Å². The van der Waals surface area contributed by atoms with E-state index in [2.05, 4.69) is 40.9 Å². The number of urea groups is 1. The third-order valence-corrected chi connectivity index (χ3v) is 5.58. The fraction of sp³-hybridized carbons (Fsp3) is 0.333. The summed E-state index contributed by atoms with van der Waals surface area (Å²) in [5.41, 5.74) is 2.55. The molecule has 0 aromatic heterocycles. The number of carbonyl (C=O) groups excluding carboxylic acids is 1. The van der Waals surface area contributed by atoms with Crippen LogP contribution in [0, 0.1) is 5.82 Å². The molecule has 158 valence electrons. The number of amides is 2. The maximum absolute atomic E-state index is 13.2. The second-order valence-corrected chi connectivity index (χ2v) is 7.68. The molecule has 0 N–H and O–H groups in total. The van der Waals surface area contributed by atoms with Crippen molar-refractivity contribution in [2.75, 3.05) is 27.2 Å². The normalized spacial score (nSPS) is 15.6. The van der Waals surface area contributed by atoms with Gasteiger partial charge in [0.25, 0.3) is 0 Å². The average molecular weight is 409 g/mol. The third-order valence-electron chi connectivity index (χ3n) is 5.58. The molecule has 3 rings (SSSR count). The van der Waals surface area contributed by atoms with Gasteiger partial charge in [-0.2, -0.15) is 0 Å². The molecule has 0 bridgehead atoms. The number of nitrogens with zero attached hydrogens (tertiary/aromatic N) is 4. The smallest absolute Gasteiger partial charge is 0.323 e. The Morgan fingerprint density at radius 3 is 2.37 bits per heavy atom. The highest BCUT2D eigenvalue weighted by molar-refractivity contribution is 5.78. The van der Waals surface area contributed by atoms with Crippen LogP contribution in [0.5, 0.6) is 0 Å². The van der Waals surface area contributed by atoms with Crippen molar-refractivity contribution < 1.29 is 9.18 Å². The van der Waals surface area contributed by atoms with Gasteiger partial charge in [-0.3, -0.25) is 9.89 Å². The molecule has 0 saturated carbocycles. The minimum absolute atomic E-state index is 0.0974. The molecule has 2 aromatic carbocycles. The monoisotopic (exact) mass is 408 g/mol. The number of aliphatic imine (C=N–C) groups is 1. The molecule has 30 heavy (non-hydrogen) atoms. The van der Waals surface area contributed by atoms with Gasteiger partial charge in [0.05, 0.1) is 5.70 Å². The zero-order chi connectivity index (χ0) is 21.5. The molecular formula is C24H29FN4O. The van der Waals surface area contributed by atoms with Crippen LogP contribution in [0.25, 0.3) is 5.70 Å². The summed E-state index contributed by atoms with van der Waals surface area (Å²) in [6, 6.07) is 16.5. The summed E-state index contributed by atoms with van der Waals surface area (Å²) in [7, 11) is 3.56. The predicted octanol–water partition coefficient (Wildman–Crippen LogP) is 4.47. The second-order valence-electron chi connectivity index (χ2n) is 7.68. The highest BCUT2D eigenvalue weighted by Crippen LogP contribution is 2.20. The van der Waals surface area contributed by atoms with Gasteiger partial charge >= 0.3 is 6.03 Å². The topological polar surface area (TPSA) is 39.2 Å². The van der Waals surface area contributed by atoms with Gasteiger partial charge in [-0.05, 0) is 49.4 Å². The van der Waals surface area contributed by atoms with Gasteiger partial charge in [-0.25, -0.2) is 9.18 Å². The first-order valence-corrected chi connectivity index (χ1v) is 10.2. The van der Waals surface area contributed by atoms with E-state index in [1.807, 2.05) is 18.0 Å². The fourth-order valence-corrected chi connectivity index (χ4v) is 3.78. The maximum atomic E-state index is 13.2. The van der Waals surface area contributed by atoms with E-state index in [0.717, 1.165) is 32.5 Å². The van der Waals surface area contributed by atoms with E-state index in [-0.39, 0.29) is 17.9 Å². The zero-order valence-corrected chi connectivity index (χ0v) is 17.7. The Kier molecular flexibility index (Phi) is 7.36. The lowest BCUT2D eigenvalue weighted by Gasteiger charge is -2.37. The number of benzene rings is 2. The number of carbonyl (C=O) groups is 1. The van der Waals surface area contributed by atoms with Gasteiger partial charge in [-0.15, -0.1) is 0 Å². The summed E-state index contributed by atoms with van der Waals surface area (Å²) in [5, 5.41) is 0. The van der Waals surface area contributed by atoms with E-state index in [1.165, 1.54) is 22.6 Å². The molecule has 0 radical (unpaired) electrons. The molecule has 6 heteroatoms. The van der Waals surface area contributed by atoms with Crippen molar-refractivity contribution in [2.45, 2.75) is 25.4 Å². The average Bonchev–Trinajstić information content (AvgIpc) is 2.78. The van der Waals surface area contributed by atoms with E-state index < -0.39 is 0 Å². The van der Waals surface area contributed by atoms with Gasteiger partial charge in [0, 0.05) is 51.5 Å². The van der Waals surface area contributed by atoms with E-state index >= 15 is 0 Å². The first kappa shape index (κ1) is 21.7. The summed E-state index contributed by atoms with van der Waals surface area (Å²) < 4.78 is 13.2. The lowest BCUT2D eigenvalue weighted by Crippen LogP contribution is -2.48. The van der Waals surface area contributed by atoms with Crippen LogP contribution in [-0.2, 0) is 6.54 Å². The lowest BCUT2D eigenvalue weighted by atomic mass is 10.0. The van der Waals surface area contributed by atoms with Crippen LogP contribution in [0.1, 0.15) is 24.0 Å². The fourth-order valence-electron chi connectivity index (χ4n) is 3.78. The molecule has 0 aliphatic carbocycles. The van der Waals surface area contributed by atoms with E-state index in [9.17, 15) is 9.18 Å². The Bertz CT molecular complexity index is 874. The zero-order valence-electron chi connectivity index (χ0n) is 17.7. The van der Waals surface area contributed by atoms with Crippen LogP contribution in [-0.4, -0.2) is 60.7 Å². The molecule has 0 atom stereocenters. The van der Waals surface area contributed by atoms with Crippen molar-refractivity contribution in [1.82, 2.24) is 14.7 Å². The van der Waals surface area contributed by atoms with Gasteiger partial charge in [0.1, 0.15) is 5.82 Å². The standard InChI is InChI=1S/C24H29FN4O/c1-26-23(20-9-11-21(25)12-10-20)18-27(2)24(30)28(3)22-13-15-29(16-14-22)17-19-7-5-4-6-8-19/h4-12,18,22H,1,13-17H2,2-3H3. The number of hydrogen-bond acceptors (Lipinski definition) is 3. The van der Waals surface area contributed by atoms with Crippen molar-refractivity contribution in [3.8, 4) is 0 Å².